The second kappa shape index (κ2) is 19.9. The van der Waals surface area contributed by atoms with Crippen molar-refractivity contribution in [1.82, 2.24) is 19.1 Å². The average molecular weight is 1040 g/mol. The number of fused-ring (bicyclic) bond motifs is 6. The van der Waals surface area contributed by atoms with Crippen molar-refractivity contribution in [1.29, 1.82) is 26.3 Å². The zero-order valence-electron chi connectivity index (χ0n) is 43.4. The number of aromatic nitrogens is 4. The summed E-state index contributed by atoms with van der Waals surface area (Å²) in [4.78, 5) is 24.8. The van der Waals surface area contributed by atoms with E-state index in [2.05, 4.69) is 54.3 Å². The van der Waals surface area contributed by atoms with Crippen molar-refractivity contribution in [3.05, 3.63) is 249 Å². The van der Waals surface area contributed by atoms with Gasteiger partial charge < -0.3 is 9.13 Å². The first-order chi connectivity index (χ1) is 39.9. The third-order valence-corrected chi connectivity index (χ3v) is 14.5. The van der Waals surface area contributed by atoms with Gasteiger partial charge in [-0.25, -0.2) is 29.3 Å². The predicted molar refractivity (Wildman–Crippen MR) is 316 cm³/mol. The highest BCUT2D eigenvalue weighted by Crippen LogP contribution is 2.44. The van der Waals surface area contributed by atoms with Crippen LogP contribution in [0.2, 0.25) is 0 Å². The third-order valence-electron chi connectivity index (χ3n) is 14.5. The smallest absolute Gasteiger partial charge is 0.189 e. The maximum absolute atomic E-state index is 11.7. The summed E-state index contributed by atoms with van der Waals surface area (Å²) in [5.74, 6) is 0.356. The van der Waals surface area contributed by atoms with E-state index < -0.39 is 0 Å². The lowest BCUT2D eigenvalue weighted by Gasteiger charge is -2.19. The number of benzene rings is 9. The van der Waals surface area contributed by atoms with Gasteiger partial charge in [0.25, 0.3) is 0 Å². The fraction of sp³-hybridized carbons (Fsp3) is 0.0290. The Morgan fingerprint density at radius 2 is 0.659 bits per heavy atom. The molecule has 0 unspecified atom stereocenters. The Labute approximate surface area is 469 Å². The van der Waals surface area contributed by atoms with Crippen LogP contribution >= 0.6 is 0 Å². The van der Waals surface area contributed by atoms with E-state index in [1.54, 1.807) is 72.8 Å². The van der Waals surface area contributed by atoms with Gasteiger partial charge in [-0.1, -0.05) is 48.5 Å². The molecule has 0 bridgehead atoms. The SMILES string of the molecule is [C-]#[N+]c1cc(C#N)cc(-c2ccc3c4ccc(-c5cc(C#N)cc([N+]#[C-])c5)cc4n(-c4cc(-c5nc(C)cc(C)n5)c(-n5c6cc(-c7cc(C#N)cc([N+]#[C-])c7)ccc6c6ccc(-c7cc(C#N)cc([N+]#[C-])c7)cc65)cc4C#N)c3c2)c1. The zero-order valence-corrected chi connectivity index (χ0v) is 43.4. The van der Waals surface area contributed by atoms with Crippen molar-refractivity contribution in [2.75, 3.05) is 0 Å². The van der Waals surface area contributed by atoms with Crippen molar-refractivity contribution in [2.24, 2.45) is 0 Å². The Hall–Kier alpha value is -12.9. The van der Waals surface area contributed by atoms with Crippen molar-refractivity contribution in [3.8, 4) is 97.6 Å². The van der Waals surface area contributed by atoms with Gasteiger partial charge >= 0.3 is 0 Å². The van der Waals surface area contributed by atoms with Gasteiger partial charge in [0, 0.05) is 60.8 Å². The van der Waals surface area contributed by atoms with Crippen LogP contribution in [0.1, 0.15) is 39.2 Å². The van der Waals surface area contributed by atoms with Crippen LogP contribution in [0.25, 0.3) is 130 Å². The predicted octanol–water partition coefficient (Wildman–Crippen LogP) is 17.2. The number of hydrogen-bond acceptors (Lipinski definition) is 7. The van der Waals surface area contributed by atoms with E-state index >= 15 is 0 Å². The Balaban J connectivity index is 1.22. The molecule has 0 spiro atoms. The summed E-state index contributed by atoms with van der Waals surface area (Å²) in [6.45, 7) is 35.2. The summed E-state index contributed by atoms with van der Waals surface area (Å²) in [6, 6.07) is 60.7. The molecule has 374 valence electrons. The fourth-order valence-electron chi connectivity index (χ4n) is 11.0. The van der Waals surface area contributed by atoms with E-state index in [4.69, 9.17) is 36.3 Å². The topological polar surface area (TPSA) is 172 Å². The molecule has 0 N–H and O–H groups in total. The van der Waals surface area contributed by atoms with Crippen LogP contribution in [0.5, 0.6) is 0 Å². The fourth-order valence-corrected chi connectivity index (χ4v) is 11.0. The highest BCUT2D eigenvalue weighted by atomic mass is 15.0. The first-order valence-corrected chi connectivity index (χ1v) is 25.3. The van der Waals surface area contributed by atoms with Gasteiger partial charge in [0.05, 0.1) is 89.6 Å². The van der Waals surface area contributed by atoms with Gasteiger partial charge in [0.1, 0.15) is 6.07 Å². The Morgan fingerprint density at radius 3 is 0.951 bits per heavy atom. The van der Waals surface area contributed by atoms with Crippen LogP contribution in [0.15, 0.2) is 164 Å². The molecule has 0 aliphatic rings. The molecule has 0 radical (unpaired) electrons. The number of rotatable bonds is 7. The molecule has 9 aromatic carbocycles. The van der Waals surface area contributed by atoms with Crippen molar-refractivity contribution in [3.63, 3.8) is 0 Å². The minimum absolute atomic E-state index is 0.246. The molecule has 3 aromatic heterocycles. The Kier molecular flexibility index (Phi) is 12.1. The zero-order chi connectivity index (χ0) is 56.9. The van der Waals surface area contributed by atoms with Crippen LogP contribution < -0.4 is 0 Å². The summed E-state index contributed by atoms with van der Waals surface area (Å²) in [7, 11) is 0. The molecule has 0 atom stereocenters. The minimum Gasteiger partial charge on any atom is -0.308 e. The average Bonchev–Trinajstić information content (AvgIpc) is 3.16. The van der Waals surface area contributed by atoms with Crippen LogP contribution in [-0.2, 0) is 0 Å². The first kappa shape index (κ1) is 49.9. The number of aryl methyl sites for hydroxylation is 2. The molecule has 0 aliphatic carbocycles. The molecule has 0 amide bonds. The molecular weight excluding hydrogens is 1010 g/mol. The molecule has 0 aliphatic heterocycles. The molecular formula is C69H33N13. The van der Waals surface area contributed by atoms with E-state index in [0.29, 0.717) is 146 Å². The number of nitrogens with zero attached hydrogens (tertiary/aromatic N) is 13. The monoisotopic (exact) mass is 1040 g/mol. The Bertz CT molecular complexity index is 4840. The largest absolute Gasteiger partial charge is 0.308 e. The highest BCUT2D eigenvalue weighted by molar-refractivity contribution is 6.13. The second-order valence-electron chi connectivity index (χ2n) is 19.5. The summed E-state index contributed by atoms with van der Waals surface area (Å²) >= 11 is 0. The van der Waals surface area contributed by atoms with Crippen molar-refractivity contribution in [2.45, 2.75) is 13.8 Å². The van der Waals surface area contributed by atoms with Gasteiger partial charge in [-0.3, -0.25) is 0 Å². The van der Waals surface area contributed by atoms with Crippen LogP contribution in [-0.4, -0.2) is 19.1 Å². The maximum Gasteiger partial charge on any atom is 0.189 e. The quantitative estimate of drug-likeness (QED) is 0.143. The molecule has 3 heterocycles. The molecule has 12 aromatic rings. The standard InChI is InChI=1S/C69H33N13/c1-39-15-40(2)80-69(79-39)62-33-63(81-64-28-45(49-16-41(34-70)20-54(24-49)75-3)7-11-58(64)59-12-8-46(29-65(59)81)50-17-42(35-71)21-55(25-50)76-4)53(38-74)32-68(62)82-66-30-47(51-18-43(36-72)22-56(26-51)77-5)9-13-60(66)61-14-10-48(31-67(61)82)52-19-44(37-73)23-57(27-52)78-6/h7-33H,1-2H3. The molecule has 0 saturated heterocycles. The lowest BCUT2D eigenvalue weighted by atomic mass is 9.99. The number of nitriles is 5. The van der Waals surface area contributed by atoms with Gasteiger partial charge in [-0.2, -0.15) is 26.3 Å². The van der Waals surface area contributed by atoms with Crippen molar-refractivity contribution >= 4 is 66.4 Å². The molecule has 13 nitrogen and oxygen atoms in total. The molecule has 0 saturated carbocycles. The van der Waals surface area contributed by atoms with E-state index in [0.717, 1.165) is 21.5 Å². The summed E-state index contributed by atoms with van der Waals surface area (Å²) < 4.78 is 4.07. The summed E-state index contributed by atoms with van der Waals surface area (Å²) in [5.41, 5.74) is 13.9. The highest BCUT2D eigenvalue weighted by Gasteiger charge is 2.25. The van der Waals surface area contributed by atoms with Crippen LogP contribution in [0.4, 0.5) is 22.7 Å². The van der Waals surface area contributed by atoms with Crippen molar-refractivity contribution < 1.29 is 0 Å². The van der Waals surface area contributed by atoms with Gasteiger partial charge in [-0.15, -0.1) is 0 Å². The Morgan fingerprint density at radius 1 is 0.341 bits per heavy atom. The number of hydrogen-bond donors (Lipinski definition) is 0. The van der Waals surface area contributed by atoms with Gasteiger partial charge in [-0.05, 0) is 174 Å². The van der Waals surface area contributed by atoms with E-state index in [1.807, 2.05) is 109 Å². The normalized spacial score (nSPS) is 10.7. The van der Waals surface area contributed by atoms with Gasteiger partial charge in [0.15, 0.2) is 28.6 Å². The summed E-state index contributed by atoms with van der Waals surface area (Å²) in [5, 5.41) is 55.2. The maximum atomic E-state index is 11.7. The third kappa shape index (κ3) is 8.55. The lowest BCUT2D eigenvalue weighted by molar-refractivity contribution is 1.05. The van der Waals surface area contributed by atoms with E-state index in [9.17, 15) is 26.3 Å². The molecule has 13 heteroatoms. The van der Waals surface area contributed by atoms with Crippen LogP contribution in [0.3, 0.4) is 0 Å². The van der Waals surface area contributed by atoms with Crippen LogP contribution in [0, 0.1) is 96.8 Å². The first-order valence-electron chi connectivity index (χ1n) is 25.3. The summed E-state index contributed by atoms with van der Waals surface area (Å²) in [6.07, 6.45) is 0. The molecule has 82 heavy (non-hydrogen) atoms. The minimum atomic E-state index is 0.246. The molecule has 0 fully saturated rings. The van der Waals surface area contributed by atoms with E-state index in [1.165, 1.54) is 0 Å². The second-order valence-corrected chi connectivity index (χ2v) is 19.5. The molecule has 12 rings (SSSR count). The van der Waals surface area contributed by atoms with E-state index in [-0.39, 0.29) is 5.56 Å². The lowest BCUT2D eigenvalue weighted by Crippen LogP contribution is -2.06. The van der Waals surface area contributed by atoms with Gasteiger partial charge in [0.2, 0.25) is 0 Å².